The van der Waals surface area contributed by atoms with Gasteiger partial charge in [-0.05, 0) is 36.6 Å². The molecule has 2 fully saturated rings. The maximum atomic E-state index is 12.0. The fourth-order valence-corrected chi connectivity index (χ4v) is 2.88. The first-order chi connectivity index (χ1) is 8.13. The van der Waals surface area contributed by atoms with E-state index in [-0.39, 0.29) is 23.7 Å². The highest BCUT2D eigenvalue weighted by atomic mass is 79.9. The predicted molar refractivity (Wildman–Crippen MR) is 67.6 cm³/mol. The summed E-state index contributed by atoms with van der Waals surface area (Å²) in [6.07, 6.45) is 1.56. The Morgan fingerprint density at radius 2 is 1.94 bits per heavy atom. The van der Waals surface area contributed by atoms with Crippen molar-refractivity contribution < 1.29 is 9.59 Å². The van der Waals surface area contributed by atoms with Crippen molar-refractivity contribution >= 4 is 33.4 Å². The Morgan fingerprint density at radius 3 is 2.53 bits per heavy atom. The van der Waals surface area contributed by atoms with Crippen LogP contribution in [0.3, 0.4) is 0 Å². The van der Waals surface area contributed by atoms with Crippen LogP contribution < -0.4 is 4.90 Å². The van der Waals surface area contributed by atoms with Gasteiger partial charge in [0.25, 0.3) is 0 Å². The van der Waals surface area contributed by atoms with Crippen LogP contribution in [0.1, 0.15) is 18.9 Å². The van der Waals surface area contributed by atoms with E-state index in [0.717, 1.165) is 28.6 Å². The van der Waals surface area contributed by atoms with E-state index in [2.05, 4.69) is 15.9 Å². The number of aryl methyl sites for hydroxylation is 1. The lowest BCUT2D eigenvalue weighted by molar-refractivity contribution is -0.123. The lowest BCUT2D eigenvalue weighted by Gasteiger charge is -2.19. The fraction of sp³-hybridized carbons (Fsp3) is 0.385. The first-order valence-corrected chi connectivity index (χ1v) is 6.59. The molecule has 4 heteroatoms. The van der Waals surface area contributed by atoms with Crippen LogP contribution in [0.2, 0.25) is 0 Å². The van der Waals surface area contributed by atoms with Gasteiger partial charge in [-0.25, -0.2) is 4.90 Å². The van der Waals surface area contributed by atoms with Crippen LogP contribution in [0.4, 0.5) is 5.69 Å². The minimum absolute atomic E-state index is 0.0166. The molecule has 1 aromatic carbocycles. The van der Waals surface area contributed by atoms with Crippen LogP contribution in [0, 0.1) is 11.8 Å². The lowest BCUT2D eigenvalue weighted by atomic mass is 10.1. The van der Waals surface area contributed by atoms with E-state index in [0.29, 0.717) is 0 Å². The Hall–Kier alpha value is -1.16. The summed E-state index contributed by atoms with van der Waals surface area (Å²) >= 11 is 3.41. The summed E-state index contributed by atoms with van der Waals surface area (Å²) in [5, 5.41) is 0. The second kappa shape index (κ2) is 3.67. The Morgan fingerprint density at radius 1 is 1.29 bits per heavy atom. The molecule has 17 heavy (non-hydrogen) atoms. The van der Waals surface area contributed by atoms with Gasteiger partial charge in [-0.1, -0.05) is 22.9 Å². The van der Waals surface area contributed by atoms with Gasteiger partial charge in [-0.2, -0.15) is 0 Å². The first kappa shape index (κ1) is 11.0. The summed E-state index contributed by atoms with van der Waals surface area (Å²) in [5.74, 6) is -0.0965. The number of nitrogens with zero attached hydrogens (tertiary/aromatic N) is 1. The molecule has 1 saturated heterocycles. The third-order valence-corrected chi connectivity index (χ3v) is 4.02. The Bertz CT molecular complexity index is 506. The molecule has 0 spiro atoms. The van der Waals surface area contributed by atoms with Crippen molar-refractivity contribution in [2.75, 3.05) is 4.90 Å². The van der Waals surface area contributed by atoms with Crippen LogP contribution in [0.5, 0.6) is 0 Å². The Kier molecular flexibility index (Phi) is 2.36. The molecule has 3 nitrogen and oxygen atoms in total. The largest absolute Gasteiger partial charge is 0.274 e. The summed E-state index contributed by atoms with van der Waals surface area (Å²) in [4.78, 5) is 25.4. The number of amides is 2. The van der Waals surface area contributed by atoms with E-state index in [4.69, 9.17) is 0 Å². The minimum atomic E-state index is -0.0316. The molecule has 0 aromatic heterocycles. The molecule has 1 aromatic rings. The zero-order valence-corrected chi connectivity index (χ0v) is 11.0. The standard InChI is InChI=1S/C13H12BrNO2/c1-2-7-5-8(14)3-4-11(7)15-12(16)9-6-10(9)13(15)17/h3-5,9-10H,2,6H2,1H3. The number of fused-ring (bicyclic) bond motifs is 1. The second-order valence-corrected chi connectivity index (χ2v) is 5.50. The maximum absolute atomic E-state index is 12.0. The first-order valence-electron chi connectivity index (χ1n) is 5.79. The van der Waals surface area contributed by atoms with Crippen LogP contribution in [-0.4, -0.2) is 11.8 Å². The number of halogens is 1. The van der Waals surface area contributed by atoms with Crippen LogP contribution in [-0.2, 0) is 16.0 Å². The number of hydrogen-bond donors (Lipinski definition) is 0. The van der Waals surface area contributed by atoms with Crippen molar-refractivity contribution in [2.24, 2.45) is 11.8 Å². The van der Waals surface area contributed by atoms with Gasteiger partial charge >= 0.3 is 0 Å². The van der Waals surface area contributed by atoms with Gasteiger partial charge in [0.2, 0.25) is 11.8 Å². The van der Waals surface area contributed by atoms with E-state index in [1.807, 2.05) is 25.1 Å². The number of imide groups is 1. The van der Waals surface area contributed by atoms with E-state index in [1.165, 1.54) is 4.90 Å². The molecule has 1 aliphatic heterocycles. The molecule has 2 amide bonds. The van der Waals surface area contributed by atoms with Crippen molar-refractivity contribution in [3.63, 3.8) is 0 Å². The van der Waals surface area contributed by atoms with Gasteiger partial charge in [0.05, 0.1) is 17.5 Å². The van der Waals surface area contributed by atoms with Gasteiger partial charge < -0.3 is 0 Å². The number of anilines is 1. The van der Waals surface area contributed by atoms with Gasteiger partial charge in [0.1, 0.15) is 0 Å². The topological polar surface area (TPSA) is 37.4 Å². The smallest absolute Gasteiger partial charge is 0.237 e. The molecular formula is C13H12BrNO2. The third kappa shape index (κ3) is 1.54. The van der Waals surface area contributed by atoms with E-state index < -0.39 is 0 Å². The highest BCUT2D eigenvalue weighted by Crippen LogP contribution is 2.49. The molecule has 1 saturated carbocycles. The number of carbonyl (C=O) groups excluding carboxylic acids is 2. The van der Waals surface area contributed by atoms with Crippen LogP contribution in [0.15, 0.2) is 22.7 Å². The van der Waals surface area contributed by atoms with Gasteiger partial charge in [-0.15, -0.1) is 0 Å². The SMILES string of the molecule is CCc1cc(Br)ccc1N1C(=O)C2CC2C1=O. The maximum Gasteiger partial charge on any atom is 0.237 e. The molecule has 88 valence electrons. The monoisotopic (exact) mass is 293 g/mol. The van der Waals surface area contributed by atoms with Crippen molar-refractivity contribution in [2.45, 2.75) is 19.8 Å². The van der Waals surface area contributed by atoms with Gasteiger partial charge in [0.15, 0.2) is 0 Å². The molecule has 1 heterocycles. The van der Waals surface area contributed by atoms with E-state index in [9.17, 15) is 9.59 Å². The zero-order chi connectivity index (χ0) is 12.2. The number of piperidine rings is 1. The fourth-order valence-electron chi connectivity index (χ4n) is 2.47. The van der Waals surface area contributed by atoms with Crippen LogP contribution in [0.25, 0.3) is 0 Å². The average molecular weight is 294 g/mol. The van der Waals surface area contributed by atoms with Crippen LogP contribution >= 0.6 is 15.9 Å². The van der Waals surface area contributed by atoms with Crippen molar-refractivity contribution in [1.82, 2.24) is 0 Å². The van der Waals surface area contributed by atoms with E-state index >= 15 is 0 Å². The third-order valence-electron chi connectivity index (χ3n) is 3.53. The molecule has 0 N–H and O–H groups in total. The number of carbonyl (C=O) groups is 2. The molecule has 2 unspecified atom stereocenters. The molecule has 2 aliphatic rings. The average Bonchev–Trinajstić information content (AvgIpc) is 3.06. The number of benzene rings is 1. The Labute approximate surface area is 108 Å². The highest BCUT2D eigenvalue weighted by Gasteiger charge is 2.59. The summed E-state index contributed by atoms with van der Waals surface area (Å²) < 4.78 is 0.974. The van der Waals surface area contributed by atoms with Crippen molar-refractivity contribution in [3.05, 3.63) is 28.2 Å². The molecular weight excluding hydrogens is 282 g/mol. The molecule has 1 aliphatic carbocycles. The molecule has 2 atom stereocenters. The Balaban J connectivity index is 2.04. The van der Waals surface area contributed by atoms with Gasteiger partial charge in [0, 0.05) is 4.47 Å². The summed E-state index contributed by atoms with van der Waals surface area (Å²) in [7, 11) is 0. The predicted octanol–water partition coefficient (Wildman–Crippen LogP) is 2.52. The quantitative estimate of drug-likeness (QED) is 0.786. The molecule has 0 bridgehead atoms. The summed E-state index contributed by atoms with van der Waals surface area (Å²) in [5.41, 5.74) is 1.79. The second-order valence-electron chi connectivity index (χ2n) is 4.59. The van der Waals surface area contributed by atoms with Crippen molar-refractivity contribution in [3.8, 4) is 0 Å². The zero-order valence-electron chi connectivity index (χ0n) is 9.44. The summed E-state index contributed by atoms with van der Waals surface area (Å²) in [6, 6.07) is 5.70. The van der Waals surface area contributed by atoms with Gasteiger partial charge in [-0.3, -0.25) is 9.59 Å². The molecule has 0 radical (unpaired) electrons. The number of rotatable bonds is 2. The summed E-state index contributed by atoms with van der Waals surface area (Å²) in [6.45, 7) is 2.02. The highest BCUT2D eigenvalue weighted by molar-refractivity contribution is 9.10. The van der Waals surface area contributed by atoms with Crippen molar-refractivity contribution in [1.29, 1.82) is 0 Å². The number of hydrogen-bond acceptors (Lipinski definition) is 2. The van der Waals surface area contributed by atoms with E-state index in [1.54, 1.807) is 0 Å². The lowest BCUT2D eigenvalue weighted by Crippen LogP contribution is -2.33. The normalized spacial score (nSPS) is 26.4. The minimum Gasteiger partial charge on any atom is -0.274 e. The molecule has 3 rings (SSSR count).